The van der Waals surface area contributed by atoms with Crippen LogP contribution in [-0.2, 0) is 13.0 Å². The second-order valence-electron chi connectivity index (χ2n) is 5.15. The van der Waals surface area contributed by atoms with E-state index in [1.54, 1.807) is 0 Å². The van der Waals surface area contributed by atoms with Crippen molar-refractivity contribution in [1.29, 1.82) is 0 Å². The molecular formula is C18H23NO. The second kappa shape index (κ2) is 7.11. The second-order valence-corrected chi connectivity index (χ2v) is 5.15. The molecule has 0 aliphatic heterocycles. The van der Waals surface area contributed by atoms with Gasteiger partial charge in [0.1, 0.15) is 11.5 Å². The lowest BCUT2D eigenvalue weighted by atomic mass is 10.1. The quantitative estimate of drug-likeness (QED) is 0.832. The van der Waals surface area contributed by atoms with Crippen molar-refractivity contribution in [1.82, 2.24) is 0 Å². The van der Waals surface area contributed by atoms with Crippen LogP contribution in [0.4, 0.5) is 0 Å². The van der Waals surface area contributed by atoms with E-state index >= 15 is 0 Å². The van der Waals surface area contributed by atoms with Crippen LogP contribution in [-0.4, -0.2) is 0 Å². The number of rotatable bonds is 6. The first-order valence-electron chi connectivity index (χ1n) is 7.29. The maximum atomic E-state index is 5.96. The third-order valence-electron chi connectivity index (χ3n) is 3.46. The lowest BCUT2D eigenvalue weighted by molar-refractivity contribution is 0.478. The van der Waals surface area contributed by atoms with Gasteiger partial charge in [0.25, 0.3) is 0 Å². The first kappa shape index (κ1) is 14.6. The van der Waals surface area contributed by atoms with Gasteiger partial charge in [0.15, 0.2) is 0 Å². The Morgan fingerprint density at radius 2 is 1.70 bits per heavy atom. The Bertz CT molecular complexity index is 546. The van der Waals surface area contributed by atoms with E-state index in [0.717, 1.165) is 29.0 Å². The molecule has 2 nitrogen and oxygen atoms in total. The monoisotopic (exact) mass is 269 g/mol. The Labute approximate surface area is 121 Å². The van der Waals surface area contributed by atoms with Gasteiger partial charge in [0.05, 0.1) is 0 Å². The summed E-state index contributed by atoms with van der Waals surface area (Å²) in [6.45, 7) is 4.79. The number of hydrogen-bond acceptors (Lipinski definition) is 2. The molecule has 0 radical (unpaired) electrons. The Balaban J connectivity index is 2.09. The van der Waals surface area contributed by atoms with Gasteiger partial charge in [0.2, 0.25) is 0 Å². The van der Waals surface area contributed by atoms with E-state index in [0.29, 0.717) is 6.54 Å². The molecule has 2 heteroatoms. The van der Waals surface area contributed by atoms with Crippen molar-refractivity contribution in [3.63, 3.8) is 0 Å². The predicted octanol–water partition coefficient (Wildman–Crippen LogP) is 4.59. The van der Waals surface area contributed by atoms with E-state index in [4.69, 9.17) is 10.5 Å². The minimum Gasteiger partial charge on any atom is -0.457 e. The van der Waals surface area contributed by atoms with Crippen LogP contribution in [0, 0.1) is 6.92 Å². The summed E-state index contributed by atoms with van der Waals surface area (Å²) in [5, 5.41) is 0. The van der Waals surface area contributed by atoms with Crippen LogP contribution in [0.1, 0.15) is 36.5 Å². The molecule has 0 bridgehead atoms. The molecule has 0 atom stereocenters. The van der Waals surface area contributed by atoms with Crippen molar-refractivity contribution >= 4 is 0 Å². The zero-order valence-electron chi connectivity index (χ0n) is 12.4. The number of hydrogen-bond donors (Lipinski definition) is 1. The van der Waals surface area contributed by atoms with Gasteiger partial charge in [-0.05, 0) is 54.7 Å². The molecule has 2 rings (SSSR count). The molecule has 0 aliphatic carbocycles. The molecule has 0 unspecified atom stereocenters. The molecule has 0 aliphatic rings. The van der Waals surface area contributed by atoms with Crippen LogP contribution in [0.25, 0.3) is 0 Å². The smallest absolute Gasteiger partial charge is 0.130 e. The van der Waals surface area contributed by atoms with E-state index in [9.17, 15) is 0 Å². The van der Waals surface area contributed by atoms with Gasteiger partial charge >= 0.3 is 0 Å². The Kier molecular flexibility index (Phi) is 5.19. The predicted molar refractivity (Wildman–Crippen MR) is 84.2 cm³/mol. The van der Waals surface area contributed by atoms with Gasteiger partial charge in [-0.15, -0.1) is 0 Å². The molecule has 2 aromatic carbocycles. The van der Waals surface area contributed by atoms with Gasteiger partial charge in [-0.1, -0.05) is 37.6 Å². The molecule has 2 N–H and O–H groups in total. The number of unbranched alkanes of at least 4 members (excludes halogenated alkanes) is 1. The highest BCUT2D eigenvalue weighted by Crippen LogP contribution is 2.26. The van der Waals surface area contributed by atoms with Crippen LogP contribution < -0.4 is 10.5 Å². The van der Waals surface area contributed by atoms with Crippen LogP contribution in [0.15, 0.2) is 42.5 Å². The summed E-state index contributed by atoms with van der Waals surface area (Å²) >= 11 is 0. The summed E-state index contributed by atoms with van der Waals surface area (Å²) in [6.07, 6.45) is 3.60. The highest BCUT2D eigenvalue weighted by Gasteiger charge is 2.03. The van der Waals surface area contributed by atoms with Crippen LogP contribution in [0.2, 0.25) is 0 Å². The average Bonchev–Trinajstić information content (AvgIpc) is 2.49. The molecule has 0 spiro atoms. The lowest BCUT2D eigenvalue weighted by Crippen LogP contribution is -1.97. The molecule has 0 saturated heterocycles. The average molecular weight is 269 g/mol. The van der Waals surface area contributed by atoms with E-state index in [-0.39, 0.29) is 0 Å². The van der Waals surface area contributed by atoms with E-state index < -0.39 is 0 Å². The van der Waals surface area contributed by atoms with Gasteiger partial charge in [-0.3, -0.25) is 0 Å². The molecular weight excluding hydrogens is 246 g/mol. The Hall–Kier alpha value is -1.80. The number of nitrogens with two attached hydrogens (primary N) is 1. The van der Waals surface area contributed by atoms with Crippen molar-refractivity contribution in [2.45, 2.75) is 39.7 Å². The minimum absolute atomic E-state index is 0.534. The standard InChI is InChI=1S/C18H23NO/c1-3-4-5-15-8-10-17(11-9-15)20-18-12-16(13-19)7-6-14(18)2/h6-12H,3-5,13,19H2,1-2H3. The van der Waals surface area contributed by atoms with Crippen LogP contribution in [0.3, 0.4) is 0 Å². The first-order valence-corrected chi connectivity index (χ1v) is 7.29. The number of aryl methyl sites for hydroxylation is 2. The van der Waals surface area contributed by atoms with E-state index in [1.807, 2.05) is 37.3 Å². The van der Waals surface area contributed by atoms with Crippen LogP contribution in [0.5, 0.6) is 11.5 Å². The molecule has 0 aromatic heterocycles. The molecule has 0 saturated carbocycles. The first-order chi connectivity index (χ1) is 9.72. The third-order valence-corrected chi connectivity index (χ3v) is 3.46. The maximum absolute atomic E-state index is 5.96. The van der Waals surface area contributed by atoms with E-state index in [2.05, 4.69) is 19.1 Å². The molecule has 0 fully saturated rings. The lowest BCUT2D eigenvalue weighted by Gasteiger charge is -2.10. The largest absolute Gasteiger partial charge is 0.457 e. The zero-order valence-corrected chi connectivity index (χ0v) is 12.4. The normalized spacial score (nSPS) is 10.6. The topological polar surface area (TPSA) is 35.2 Å². The highest BCUT2D eigenvalue weighted by atomic mass is 16.5. The Morgan fingerprint density at radius 3 is 2.35 bits per heavy atom. The molecule has 2 aromatic rings. The minimum atomic E-state index is 0.534. The zero-order chi connectivity index (χ0) is 14.4. The summed E-state index contributed by atoms with van der Waals surface area (Å²) in [5.41, 5.74) is 9.25. The fourth-order valence-corrected chi connectivity index (χ4v) is 2.11. The molecule has 0 heterocycles. The van der Waals surface area contributed by atoms with Gasteiger partial charge < -0.3 is 10.5 Å². The SMILES string of the molecule is CCCCc1ccc(Oc2cc(CN)ccc2C)cc1. The highest BCUT2D eigenvalue weighted by molar-refractivity contribution is 5.40. The van der Waals surface area contributed by atoms with Crippen molar-refractivity contribution in [3.8, 4) is 11.5 Å². The fraction of sp³-hybridized carbons (Fsp3) is 0.333. The van der Waals surface area contributed by atoms with Gasteiger partial charge in [0, 0.05) is 6.54 Å². The van der Waals surface area contributed by atoms with Gasteiger partial charge in [-0.2, -0.15) is 0 Å². The summed E-state index contributed by atoms with van der Waals surface area (Å²) in [4.78, 5) is 0. The van der Waals surface area contributed by atoms with Crippen LogP contribution >= 0.6 is 0 Å². The van der Waals surface area contributed by atoms with Gasteiger partial charge in [-0.25, -0.2) is 0 Å². The van der Waals surface area contributed by atoms with Crippen molar-refractivity contribution < 1.29 is 4.74 Å². The summed E-state index contributed by atoms with van der Waals surface area (Å²) < 4.78 is 5.96. The summed E-state index contributed by atoms with van der Waals surface area (Å²) in [6, 6.07) is 14.5. The van der Waals surface area contributed by atoms with Crippen molar-refractivity contribution in [2.75, 3.05) is 0 Å². The summed E-state index contributed by atoms with van der Waals surface area (Å²) in [5.74, 6) is 1.76. The maximum Gasteiger partial charge on any atom is 0.130 e. The fourth-order valence-electron chi connectivity index (χ4n) is 2.11. The number of ether oxygens (including phenoxy) is 1. The van der Waals surface area contributed by atoms with Crippen molar-refractivity contribution in [2.24, 2.45) is 5.73 Å². The Morgan fingerprint density at radius 1 is 1.00 bits per heavy atom. The molecule has 20 heavy (non-hydrogen) atoms. The number of benzene rings is 2. The van der Waals surface area contributed by atoms with Crippen molar-refractivity contribution in [3.05, 3.63) is 59.2 Å². The summed E-state index contributed by atoms with van der Waals surface area (Å²) in [7, 11) is 0. The third kappa shape index (κ3) is 3.84. The van der Waals surface area contributed by atoms with E-state index in [1.165, 1.54) is 18.4 Å². The molecule has 106 valence electrons. The molecule has 0 amide bonds.